The van der Waals surface area contributed by atoms with E-state index in [1.54, 1.807) is 24.1 Å². The molecule has 2 heterocycles. The number of nitrogens with zero attached hydrogens (tertiary/aromatic N) is 3. The second-order valence-corrected chi connectivity index (χ2v) is 7.60. The Balaban J connectivity index is 1.67. The second-order valence-electron chi connectivity index (χ2n) is 7.60. The van der Waals surface area contributed by atoms with E-state index in [4.69, 9.17) is 4.74 Å². The molecule has 1 fully saturated rings. The van der Waals surface area contributed by atoms with E-state index in [0.717, 1.165) is 36.3 Å². The number of aromatic nitrogens is 2. The van der Waals surface area contributed by atoms with Crippen molar-refractivity contribution in [2.75, 3.05) is 20.2 Å². The van der Waals surface area contributed by atoms with Gasteiger partial charge in [-0.3, -0.25) is 4.79 Å². The summed E-state index contributed by atoms with van der Waals surface area (Å²) < 4.78 is 7.48. The van der Waals surface area contributed by atoms with Crippen molar-refractivity contribution in [3.63, 3.8) is 0 Å². The van der Waals surface area contributed by atoms with Gasteiger partial charge >= 0.3 is 6.03 Å². The molecule has 8 nitrogen and oxygen atoms in total. The van der Waals surface area contributed by atoms with Crippen LogP contribution in [0.25, 0.3) is 11.0 Å². The van der Waals surface area contributed by atoms with Crippen molar-refractivity contribution in [1.29, 1.82) is 0 Å². The van der Waals surface area contributed by atoms with Gasteiger partial charge < -0.3 is 24.8 Å². The lowest BCUT2D eigenvalue weighted by molar-refractivity contribution is 0.0943. The van der Waals surface area contributed by atoms with E-state index in [1.165, 1.54) is 0 Å². The van der Waals surface area contributed by atoms with E-state index in [-0.39, 0.29) is 24.1 Å². The highest BCUT2D eigenvalue weighted by molar-refractivity contribution is 5.97. The molecule has 1 aromatic carbocycles. The third kappa shape index (κ3) is 4.62. The van der Waals surface area contributed by atoms with Crippen LogP contribution in [-0.2, 0) is 18.3 Å². The Morgan fingerprint density at radius 3 is 2.86 bits per heavy atom. The van der Waals surface area contributed by atoms with Gasteiger partial charge in [0.1, 0.15) is 5.82 Å². The van der Waals surface area contributed by atoms with Crippen LogP contribution in [0.4, 0.5) is 4.79 Å². The number of carbonyl (C=O) groups excluding carboxylic acids is 2. The van der Waals surface area contributed by atoms with Gasteiger partial charge in [-0.05, 0) is 44.9 Å². The summed E-state index contributed by atoms with van der Waals surface area (Å²) in [7, 11) is 3.66. The minimum absolute atomic E-state index is 0.0734. The molecule has 1 saturated heterocycles. The number of rotatable bonds is 6. The van der Waals surface area contributed by atoms with Gasteiger partial charge in [-0.1, -0.05) is 0 Å². The highest BCUT2D eigenvalue weighted by atomic mass is 16.5. The molecule has 0 saturated carbocycles. The van der Waals surface area contributed by atoms with Crippen LogP contribution in [0.3, 0.4) is 0 Å². The molecule has 1 aromatic heterocycles. The highest BCUT2D eigenvalue weighted by Gasteiger charge is 2.19. The zero-order valence-corrected chi connectivity index (χ0v) is 17.0. The van der Waals surface area contributed by atoms with Crippen LogP contribution in [0.5, 0.6) is 0 Å². The molecule has 3 amide bonds. The van der Waals surface area contributed by atoms with Crippen LogP contribution in [0, 0.1) is 0 Å². The SMILES string of the molecule is CC(C)NC(=O)c1ccc2c(c1)nc(CN(C)C(=O)NCC1CCCO1)n2C. The number of nitrogens with one attached hydrogen (secondary N) is 2. The standard InChI is InChI=1S/C20H29N5O3/c1-13(2)22-19(26)14-7-8-17-16(10-14)23-18(25(17)4)12-24(3)20(27)21-11-15-6-5-9-28-15/h7-8,10,13,15H,5-6,9,11-12H2,1-4H3,(H,21,27)(H,22,26). The lowest BCUT2D eigenvalue weighted by Crippen LogP contribution is -2.40. The van der Waals surface area contributed by atoms with Gasteiger partial charge in [0.25, 0.3) is 5.91 Å². The maximum Gasteiger partial charge on any atom is 0.317 e. The third-order valence-electron chi connectivity index (χ3n) is 4.89. The average molecular weight is 387 g/mol. The number of urea groups is 1. The van der Waals surface area contributed by atoms with Crippen LogP contribution in [-0.4, -0.2) is 58.7 Å². The number of hydrogen-bond acceptors (Lipinski definition) is 4. The van der Waals surface area contributed by atoms with E-state index in [1.807, 2.05) is 31.5 Å². The molecule has 0 aliphatic carbocycles. The first-order valence-corrected chi connectivity index (χ1v) is 9.72. The third-order valence-corrected chi connectivity index (χ3v) is 4.89. The lowest BCUT2D eigenvalue weighted by Gasteiger charge is -2.19. The molecule has 0 bridgehead atoms. The number of benzene rings is 1. The van der Waals surface area contributed by atoms with E-state index >= 15 is 0 Å². The summed E-state index contributed by atoms with van der Waals surface area (Å²) >= 11 is 0. The molecule has 152 valence electrons. The largest absolute Gasteiger partial charge is 0.376 e. The second kappa shape index (κ2) is 8.60. The average Bonchev–Trinajstić information content (AvgIpc) is 3.27. The van der Waals surface area contributed by atoms with Crippen molar-refractivity contribution in [2.24, 2.45) is 7.05 Å². The van der Waals surface area contributed by atoms with Crippen LogP contribution in [0.1, 0.15) is 42.9 Å². The van der Waals surface area contributed by atoms with Crippen molar-refractivity contribution >= 4 is 23.0 Å². The van der Waals surface area contributed by atoms with Crippen molar-refractivity contribution in [3.05, 3.63) is 29.6 Å². The number of carbonyl (C=O) groups is 2. The summed E-state index contributed by atoms with van der Waals surface area (Å²) in [6.07, 6.45) is 2.15. The van der Waals surface area contributed by atoms with Gasteiger partial charge in [0.2, 0.25) is 0 Å². The molecule has 3 rings (SSSR count). The first kappa shape index (κ1) is 20.1. The minimum atomic E-state index is -0.153. The van der Waals surface area contributed by atoms with Gasteiger partial charge in [0.15, 0.2) is 0 Å². The van der Waals surface area contributed by atoms with Crippen molar-refractivity contribution in [2.45, 2.75) is 45.4 Å². The van der Waals surface area contributed by atoms with Crippen LogP contribution in [0.15, 0.2) is 18.2 Å². The Morgan fingerprint density at radius 2 is 2.18 bits per heavy atom. The normalized spacial score (nSPS) is 16.5. The summed E-state index contributed by atoms with van der Waals surface area (Å²) in [4.78, 5) is 30.8. The Bertz CT molecular complexity index is 855. The van der Waals surface area contributed by atoms with Crippen LogP contribution < -0.4 is 10.6 Å². The fourth-order valence-electron chi connectivity index (χ4n) is 3.30. The van der Waals surface area contributed by atoms with Gasteiger partial charge in [-0.25, -0.2) is 9.78 Å². The first-order chi connectivity index (χ1) is 13.3. The maximum atomic E-state index is 12.3. The van der Waals surface area contributed by atoms with E-state index in [0.29, 0.717) is 18.7 Å². The number of imidazole rings is 1. The summed E-state index contributed by atoms with van der Waals surface area (Å²) in [6, 6.07) is 5.39. The van der Waals surface area contributed by atoms with E-state index in [2.05, 4.69) is 15.6 Å². The number of fused-ring (bicyclic) bond motifs is 1. The molecular weight excluding hydrogens is 358 g/mol. The monoisotopic (exact) mass is 387 g/mol. The maximum absolute atomic E-state index is 12.3. The predicted molar refractivity (Wildman–Crippen MR) is 107 cm³/mol. The van der Waals surface area contributed by atoms with Gasteiger partial charge in [0.05, 0.1) is 23.7 Å². The van der Waals surface area contributed by atoms with Gasteiger partial charge in [-0.15, -0.1) is 0 Å². The zero-order chi connectivity index (χ0) is 20.3. The molecule has 1 atom stereocenters. The van der Waals surface area contributed by atoms with Crippen LogP contribution in [0.2, 0.25) is 0 Å². The molecule has 1 unspecified atom stereocenters. The molecule has 0 spiro atoms. The van der Waals surface area contributed by atoms with Gasteiger partial charge in [0, 0.05) is 38.9 Å². The zero-order valence-electron chi connectivity index (χ0n) is 17.0. The fourth-order valence-corrected chi connectivity index (χ4v) is 3.30. The smallest absolute Gasteiger partial charge is 0.317 e. The van der Waals surface area contributed by atoms with E-state index < -0.39 is 0 Å². The van der Waals surface area contributed by atoms with Crippen LogP contribution >= 0.6 is 0 Å². The Kier molecular flexibility index (Phi) is 6.18. The molecule has 8 heteroatoms. The van der Waals surface area contributed by atoms with E-state index in [9.17, 15) is 9.59 Å². The molecule has 2 aromatic rings. The molecule has 1 aliphatic rings. The topological polar surface area (TPSA) is 88.5 Å². The summed E-state index contributed by atoms with van der Waals surface area (Å²) in [5.41, 5.74) is 2.24. The summed E-state index contributed by atoms with van der Waals surface area (Å²) in [5, 5.41) is 5.80. The molecule has 1 aliphatic heterocycles. The Morgan fingerprint density at radius 1 is 1.39 bits per heavy atom. The predicted octanol–water partition coefficient (Wildman–Crippen LogP) is 2.03. The fraction of sp³-hybridized carbons (Fsp3) is 0.550. The number of amides is 3. The van der Waals surface area contributed by atoms with Crippen molar-refractivity contribution in [1.82, 2.24) is 25.1 Å². The lowest BCUT2D eigenvalue weighted by atomic mass is 10.2. The number of hydrogen-bond donors (Lipinski definition) is 2. The Labute approximate surface area is 165 Å². The number of aryl methyl sites for hydroxylation is 1. The molecular formula is C20H29N5O3. The highest BCUT2D eigenvalue weighted by Crippen LogP contribution is 2.18. The molecule has 0 radical (unpaired) electrons. The Hall–Kier alpha value is -2.61. The van der Waals surface area contributed by atoms with Crippen molar-refractivity contribution < 1.29 is 14.3 Å². The minimum Gasteiger partial charge on any atom is -0.376 e. The van der Waals surface area contributed by atoms with Gasteiger partial charge in [-0.2, -0.15) is 0 Å². The van der Waals surface area contributed by atoms with Crippen molar-refractivity contribution in [3.8, 4) is 0 Å². The first-order valence-electron chi connectivity index (χ1n) is 9.72. The molecule has 28 heavy (non-hydrogen) atoms. The summed E-state index contributed by atoms with van der Waals surface area (Å²) in [6.45, 7) is 5.52. The summed E-state index contributed by atoms with van der Waals surface area (Å²) in [5.74, 6) is 0.640. The number of ether oxygens (including phenoxy) is 1. The molecule has 2 N–H and O–H groups in total. The quantitative estimate of drug-likeness (QED) is 0.794.